The van der Waals surface area contributed by atoms with Crippen LogP contribution in [0.5, 0.6) is 5.75 Å². The number of ether oxygens (including phenoxy) is 1. The van der Waals surface area contributed by atoms with Crippen molar-refractivity contribution in [1.82, 2.24) is 9.13 Å². The molecule has 1 aliphatic rings. The van der Waals surface area contributed by atoms with E-state index in [-0.39, 0.29) is 21.4 Å². The first kappa shape index (κ1) is 21.4. The van der Waals surface area contributed by atoms with E-state index in [4.69, 9.17) is 16.3 Å². The summed E-state index contributed by atoms with van der Waals surface area (Å²) in [7, 11) is 0.857. The van der Waals surface area contributed by atoms with Crippen LogP contribution in [0, 0.1) is 11.7 Å². The van der Waals surface area contributed by atoms with Crippen molar-refractivity contribution in [1.29, 1.82) is 0 Å². The number of halogens is 5. The molecule has 0 atom stereocenters. The Morgan fingerprint density at radius 1 is 1.14 bits per heavy atom. The standard InChI is InChI=1S/C19H19ClF4N2O3/c1-25-16(19(22,23)24)9-17(27)26(18(25)28)14-8-15(12(20)7-13(14)21)29-10-11-5-3-2-4-6-11/h7-9,11H,2-6,10H2,1H3. The fourth-order valence-corrected chi connectivity index (χ4v) is 3.69. The zero-order valence-corrected chi connectivity index (χ0v) is 16.3. The molecule has 0 N–H and O–H groups in total. The Kier molecular flexibility index (Phi) is 6.07. The molecule has 0 saturated heterocycles. The van der Waals surface area contributed by atoms with E-state index in [1.54, 1.807) is 0 Å². The maximum atomic E-state index is 14.5. The summed E-state index contributed by atoms with van der Waals surface area (Å²) >= 11 is 6.02. The summed E-state index contributed by atoms with van der Waals surface area (Å²) in [4.78, 5) is 24.6. The van der Waals surface area contributed by atoms with Crippen molar-refractivity contribution < 1.29 is 22.3 Å². The van der Waals surface area contributed by atoms with Crippen molar-refractivity contribution in [3.8, 4) is 11.4 Å². The second-order valence-electron chi connectivity index (χ2n) is 7.09. The van der Waals surface area contributed by atoms with Gasteiger partial charge in [-0.2, -0.15) is 13.2 Å². The molecule has 1 aromatic heterocycles. The van der Waals surface area contributed by atoms with Crippen LogP contribution in [-0.2, 0) is 13.2 Å². The summed E-state index contributed by atoms with van der Waals surface area (Å²) in [5.41, 5.74) is -4.58. The van der Waals surface area contributed by atoms with Gasteiger partial charge in [0.2, 0.25) is 0 Å². The Labute approximate surface area is 168 Å². The highest BCUT2D eigenvalue weighted by Crippen LogP contribution is 2.32. The van der Waals surface area contributed by atoms with Gasteiger partial charge in [-0.25, -0.2) is 13.8 Å². The smallest absolute Gasteiger partial charge is 0.431 e. The lowest BCUT2D eigenvalue weighted by atomic mass is 9.90. The van der Waals surface area contributed by atoms with Gasteiger partial charge < -0.3 is 4.74 Å². The molecule has 0 aliphatic heterocycles. The van der Waals surface area contributed by atoms with Crippen molar-refractivity contribution in [3.05, 3.63) is 55.6 Å². The van der Waals surface area contributed by atoms with Crippen molar-refractivity contribution in [2.45, 2.75) is 38.3 Å². The van der Waals surface area contributed by atoms with Crippen molar-refractivity contribution in [2.75, 3.05) is 6.61 Å². The molecule has 158 valence electrons. The Morgan fingerprint density at radius 2 is 1.79 bits per heavy atom. The first-order chi connectivity index (χ1) is 13.6. The molecular formula is C19H19ClF4N2O3. The van der Waals surface area contributed by atoms with E-state index >= 15 is 0 Å². The van der Waals surface area contributed by atoms with Gasteiger partial charge in [-0.1, -0.05) is 30.9 Å². The normalized spacial score (nSPS) is 15.5. The zero-order valence-electron chi connectivity index (χ0n) is 15.6. The third kappa shape index (κ3) is 4.49. The van der Waals surface area contributed by atoms with Gasteiger partial charge in [-0.05, 0) is 24.8 Å². The average molecular weight is 435 g/mol. The fourth-order valence-electron chi connectivity index (χ4n) is 3.48. The summed E-state index contributed by atoms with van der Waals surface area (Å²) in [6.07, 6.45) is 0.424. The SMILES string of the molecule is Cn1c(C(F)(F)F)cc(=O)n(-c2cc(OCC3CCCCC3)c(Cl)cc2F)c1=O. The van der Waals surface area contributed by atoms with E-state index in [1.165, 1.54) is 0 Å². The van der Waals surface area contributed by atoms with Crippen LogP contribution in [0.2, 0.25) is 5.02 Å². The monoisotopic (exact) mass is 434 g/mol. The Balaban J connectivity index is 2.02. The van der Waals surface area contributed by atoms with Gasteiger partial charge in [0.15, 0.2) is 0 Å². The van der Waals surface area contributed by atoms with Crippen LogP contribution < -0.4 is 16.0 Å². The minimum Gasteiger partial charge on any atom is -0.492 e. The summed E-state index contributed by atoms with van der Waals surface area (Å²) in [6.45, 7) is 0.338. The number of benzene rings is 1. The first-order valence-electron chi connectivity index (χ1n) is 9.12. The molecule has 1 saturated carbocycles. The third-order valence-electron chi connectivity index (χ3n) is 5.05. The maximum absolute atomic E-state index is 14.5. The van der Waals surface area contributed by atoms with Gasteiger partial charge >= 0.3 is 11.9 Å². The van der Waals surface area contributed by atoms with Crippen LogP contribution in [0.15, 0.2) is 27.8 Å². The fraction of sp³-hybridized carbons (Fsp3) is 0.474. The van der Waals surface area contributed by atoms with Gasteiger partial charge in [0.1, 0.15) is 17.3 Å². The minimum absolute atomic E-state index is 0.0566. The van der Waals surface area contributed by atoms with Gasteiger partial charge in [-0.3, -0.25) is 9.36 Å². The van der Waals surface area contributed by atoms with E-state index < -0.39 is 34.6 Å². The van der Waals surface area contributed by atoms with Gasteiger partial charge in [0.05, 0.1) is 17.3 Å². The Hall–Kier alpha value is -2.29. The van der Waals surface area contributed by atoms with Crippen LogP contribution >= 0.6 is 11.6 Å². The molecule has 0 radical (unpaired) electrons. The summed E-state index contributed by atoms with van der Waals surface area (Å²) in [5.74, 6) is -0.656. The van der Waals surface area contributed by atoms with E-state index in [1.807, 2.05) is 0 Å². The molecule has 0 amide bonds. The largest absolute Gasteiger partial charge is 0.492 e. The first-order valence-corrected chi connectivity index (χ1v) is 9.50. The van der Waals surface area contributed by atoms with E-state index in [9.17, 15) is 27.2 Å². The number of hydrogen-bond donors (Lipinski definition) is 0. The quantitative estimate of drug-likeness (QED) is 0.674. The summed E-state index contributed by atoms with van der Waals surface area (Å²) < 4.78 is 59.7. The molecule has 5 nitrogen and oxygen atoms in total. The second-order valence-corrected chi connectivity index (χ2v) is 7.50. The maximum Gasteiger partial charge on any atom is 0.431 e. The zero-order chi connectivity index (χ0) is 21.3. The predicted octanol–water partition coefficient (Wildman–Crippen LogP) is 4.31. The molecule has 1 aliphatic carbocycles. The lowest BCUT2D eigenvalue weighted by Gasteiger charge is -2.22. The van der Waals surface area contributed by atoms with Crippen LogP contribution in [0.1, 0.15) is 37.8 Å². The van der Waals surface area contributed by atoms with Crippen LogP contribution in [0.25, 0.3) is 5.69 Å². The third-order valence-corrected chi connectivity index (χ3v) is 5.35. The van der Waals surface area contributed by atoms with Crippen molar-refractivity contribution >= 4 is 11.6 Å². The number of hydrogen-bond acceptors (Lipinski definition) is 3. The number of alkyl halides is 3. The molecule has 0 bridgehead atoms. The highest BCUT2D eigenvalue weighted by atomic mass is 35.5. The molecule has 1 aromatic carbocycles. The van der Waals surface area contributed by atoms with E-state index in [2.05, 4.69) is 0 Å². The molecule has 0 spiro atoms. The molecule has 0 unspecified atom stereocenters. The summed E-state index contributed by atoms with van der Waals surface area (Å²) in [5, 5.41) is -0.0566. The van der Waals surface area contributed by atoms with E-state index in [0.717, 1.165) is 51.3 Å². The van der Waals surface area contributed by atoms with Crippen LogP contribution in [-0.4, -0.2) is 15.7 Å². The molecule has 1 heterocycles. The number of nitrogens with zero attached hydrogens (tertiary/aromatic N) is 2. The lowest BCUT2D eigenvalue weighted by Crippen LogP contribution is -2.41. The molecule has 29 heavy (non-hydrogen) atoms. The van der Waals surface area contributed by atoms with Crippen LogP contribution in [0.3, 0.4) is 0 Å². The topological polar surface area (TPSA) is 53.2 Å². The molecule has 1 fully saturated rings. The minimum atomic E-state index is -4.90. The van der Waals surface area contributed by atoms with Crippen molar-refractivity contribution in [2.24, 2.45) is 13.0 Å². The second kappa shape index (κ2) is 8.22. The van der Waals surface area contributed by atoms with Gasteiger partial charge in [0.25, 0.3) is 5.56 Å². The van der Waals surface area contributed by atoms with E-state index in [0.29, 0.717) is 17.1 Å². The Bertz CT molecular complexity index is 1020. The predicted molar refractivity (Wildman–Crippen MR) is 99.3 cm³/mol. The number of aromatic nitrogens is 2. The molecular weight excluding hydrogens is 416 g/mol. The number of rotatable bonds is 4. The van der Waals surface area contributed by atoms with Gasteiger partial charge in [0, 0.05) is 19.2 Å². The molecule has 2 aromatic rings. The molecule has 3 rings (SSSR count). The van der Waals surface area contributed by atoms with Crippen LogP contribution in [0.4, 0.5) is 17.6 Å². The highest BCUT2D eigenvalue weighted by Gasteiger charge is 2.35. The summed E-state index contributed by atoms with van der Waals surface area (Å²) in [6, 6.07) is 2.19. The highest BCUT2D eigenvalue weighted by molar-refractivity contribution is 6.32. The Morgan fingerprint density at radius 3 is 2.41 bits per heavy atom. The van der Waals surface area contributed by atoms with Gasteiger partial charge in [-0.15, -0.1) is 0 Å². The molecule has 10 heteroatoms. The lowest BCUT2D eigenvalue weighted by molar-refractivity contribution is -0.144. The average Bonchev–Trinajstić information content (AvgIpc) is 2.65. The van der Waals surface area contributed by atoms with Crippen molar-refractivity contribution in [3.63, 3.8) is 0 Å².